The summed E-state index contributed by atoms with van der Waals surface area (Å²) in [6.45, 7) is 0.421. The molecule has 0 aromatic carbocycles. The number of likely N-dealkylation sites (N-methyl/N-ethyl adjacent to an activating group) is 1. The standard InChI is InChI=1S/C12H15N3O3/c1-14-10(9-5-3-4-6-13-9)7-15(12(14)17)8-11(16)18-2/h3-6,10H,7-8H2,1-2H3. The third kappa shape index (κ3) is 2.27. The second kappa shape index (κ2) is 5.03. The van der Waals surface area contributed by atoms with Crippen LogP contribution in [0.3, 0.4) is 0 Å². The largest absolute Gasteiger partial charge is 0.468 e. The summed E-state index contributed by atoms with van der Waals surface area (Å²) in [5.41, 5.74) is 0.820. The number of esters is 1. The highest BCUT2D eigenvalue weighted by Gasteiger charge is 2.37. The normalized spacial score (nSPS) is 19.2. The molecular formula is C12H15N3O3. The molecule has 1 saturated heterocycles. The fourth-order valence-corrected chi connectivity index (χ4v) is 1.98. The number of ether oxygens (including phenoxy) is 1. The Morgan fingerprint density at radius 3 is 2.94 bits per heavy atom. The molecule has 1 unspecified atom stereocenters. The zero-order valence-electron chi connectivity index (χ0n) is 10.4. The Balaban J connectivity index is 2.12. The fourth-order valence-electron chi connectivity index (χ4n) is 1.98. The van der Waals surface area contributed by atoms with Gasteiger partial charge < -0.3 is 14.5 Å². The number of amides is 2. The minimum Gasteiger partial charge on any atom is -0.468 e. The molecule has 96 valence electrons. The van der Waals surface area contributed by atoms with E-state index in [9.17, 15) is 9.59 Å². The molecule has 0 radical (unpaired) electrons. The number of hydrogen-bond acceptors (Lipinski definition) is 4. The average molecular weight is 249 g/mol. The number of methoxy groups -OCH3 is 1. The molecule has 2 amide bonds. The van der Waals surface area contributed by atoms with Crippen molar-refractivity contribution in [2.24, 2.45) is 0 Å². The van der Waals surface area contributed by atoms with Gasteiger partial charge in [-0.2, -0.15) is 0 Å². The van der Waals surface area contributed by atoms with Crippen LogP contribution in [0.2, 0.25) is 0 Å². The minimum absolute atomic E-state index is 0.0248. The van der Waals surface area contributed by atoms with Crippen LogP contribution in [-0.2, 0) is 9.53 Å². The first kappa shape index (κ1) is 12.3. The number of nitrogens with zero attached hydrogens (tertiary/aromatic N) is 3. The van der Waals surface area contributed by atoms with Crippen LogP contribution in [0.4, 0.5) is 4.79 Å². The maximum Gasteiger partial charge on any atom is 0.325 e. The summed E-state index contributed by atoms with van der Waals surface area (Å²) in [5, 5.41) is 0. The molecule has 1 aliphatic rings. The molecule has 1 aliphatic heterocycles. The average Bonchev–Trinajstić information content (AvgIpc) is 2.68. The third-order valence-corrected chi connectivity index (χ3v) is 3.01. The van der Waals surface area contributed by atoms with E-state index in [2.05, 4.69) is 9.72 Å². The Morgan fingerprint density at radius 1 is 1.56 bits per heavy atom. The molecule has 6 heteroatoms. The van der Waals surface area contributed by atoms with Gasteiger partial charge >= 0.3 is 12.0 Å². The molecule has 0 N–H and O–H groups in total. The predicted molar refractivity (Wildman–Crippen MR) is 63.7 cm³/mol. The van der Waals surface area contributed by atoms with Crippen molar-refractivity contribution in [3.8, 4) is 0 Å². The number of carbonyl (C=O) groups excluding carboxylic acids is 2. The fraction of sp³-hybridized carbons (Fsp3) is 0.417. The van der Waals surface area contributed by atoms with Crippen molar-refractivity contribution in [3.63, 3.8) is 0 Å². The molecule has 0 spiro atoms. The van der Waals surface area contributed by atoms with Gasteiger partial charge in [0.25, 0.3) is 0 Å². The molecule has 1 fully saturated rings. The number of aromatic nitrogens is 1. The molecule has 0 aliphatic carbocycles. The Hall–Kier alpha value is -2.11. The molecule has 0 saturated carbocycles. The summed E-state index contributed by atoms with van der Waals surface area (Å²) in [6.07, 6.45) is 1.69. The monoisotopic (exact) mass is 249 g/mol. The lowest BCUT2D eigenvalue weighted by atomic mass is 10.2. The van der Waals surface area contributed by atoms with Crippen molar-refractivity contribution in [3.05, 3.63) is 30.1 Å². The van der Waals surface area contributed by atoms with E-state index in [-0.39, 0.29) is 18.6 Å². The number of urea groups is 1. The van der Waals surface area contributed by atoms with E-state index < -0.39 is 5.97 Å². The third-order valence-electron chi connectivity index (χ3n) is 3.01. The van der Waals surface area contributed by atoms with Crippen LogP contribution >= 0.6 is 0 Å². The maximum absolute atomic E-state index is 12.0. The predicted octanol–water partition coefficient (Wildman–Crippen LogP) is 0.663. The van der Waals surface area contributed by atoms with Crippen molar-refractivity contribution in [1.82, 2.24) is 14.8 Å². The van der Waals surface area contributed by atoms with E-state index in [1.165, 1.54) is 12.0 Å². The summed E-state index contributed by atoms with van der Waals surface area (Å²) in [4.78, 5) is 30.5. The summed E-state index contributed by atoms with van der Waals surface area (Å²) in [7, 11) is 3.02. The van der Waals surface area contributed by atoms with Crippen molar-refractivity contribution in [1.29, 1.82) is 0 Å². The van der Waals surface area contributed by atoms with Crippen LogP contribution in [0.1, 0.15) is 11.7 Å². The molecule has 2 heterocycles. The van der Waals surface area contributed by atoms with Gasteiger partial charge in [-0.05, 0) is 12.1 Å². The van der Waals surface area contributed by atoms with Gasteiger partial charge in [0.1, 0.15) is 6.54 Å². The van der Waals surface area contributed by atoms with Crippen LogP contribution in [0.15, 0.2) is 24.4 Å². The van der Waals surface area contributed by atoms with Gasteiger partial charge in [-0.15, -0.1) is 0 Å². The Kier molecular flexibility index (Phi) is 3.45. The van der Waals surface area contributed by atoms with Gasteiger partial charge in [-0.1, -0.05) is 6.07 Å². The van der Waals surface area contributed by atoms with E-state index in [0.717, 1.165) is 5.69 Å². The van der Waals surface area contributed by atoms with Crippen molar-refractivity contribution < 1.29 is 14.3 Å². The number of pyridine rings is 1. The van der Waals surface area contributed by atoms with Gasteiger partial charge in [0.2, 0.25) is 0 Å². The number of hydrogen-bond donors (Lipinski definition) is 0. The highest BCUT2D eigenvalue weighted by Crippen LogP contribution is 2.26. The maximum atomic E-state index is 12.0. The SMILES string of the molecule is COC(=O)CN1CC(c2ccccn2)N(C)C1=O. The van der Waals surface area contributed by atoms with Gasteiger partial charge in [0.05, 0.1) is 18.8 Å². The zero-order chi connectivity index (χ0) is 13.1. The Labute approximate surface area is 105 Å². The first-order valence-electron chi connectivity index (χ1n) is 5.63. The second-order valence-corrected chi connectivity index (χ2v) is 4.12. The quantitative estimate of drug-likeness (QED) is 0.738. The smallest absolute Gasteiger partial charge is 0.325 e. The van der Waals surface area contributed by atoms with Crippen LogP contribution < -0.4 is 0 Å². The number of rotatable bonds is 3. The molecule has 1 aromatic heterocycles. The van der Waals surface area contributed by atoms with E-state index >= 15 is 0 Å². The molecule has 6 nitrogen and oxygen atoms in total. The molecule has 1 aromatic rings. The minimum atomic E-state index is -0.418. The van der Waals surface area contributed by atoms with Gasteiger partial charge in [0.15, 0.2) is 0 Å². The summed E-state index contributed by atoms with van der Waals surface area (Å²) < 4.78 is 4.57. The first-order chi connectivity index (χ1) is 8.63. The first-order valence-corrected chi connectivity index (χ1v) is 5.63. The summed E-state index contributed by atoms with van der Waals surface area (Å²) >= 11 is 0. The second-order valence-electron chi connectivity index (χ2n) is 4.12. The molecule has 18 heavy (non-hydrogen) atoms. The van der Waals surface area contributed by atoms with E-state index in [4.69, 9.17) is 0 Å². The molecular weight excluding hydrogens is 234 g/mol. The summed E-state index contributed by atoms with van der Waals surface area (Å²) in [6, 6.07) is 5.27. The Bertz CT molecular complexity index is 449. The highest BCUT2D eigenvalue weighted by molar-refractivity contribution is 5.82. The lowest BCUT2D eigenvalue weighted by Crippen LogP contribution is -2.34. The van der Waals surface area contributed by atoms with Gasteiger partial charge in [-0.25, -0.2) is 4.79 Å². The summed E-state index contributed by atoms with van der Waals surface area (Å²) in [5.74, 6) is -0.418. The lowest BCUT2D eigenvalue weighted by molar-refractivity contribution is -0.141. The van der Waals surface area contributed by atoms with E-state index in [0.29, 0.717) is 6.54 Å². The van der Waals surface area contributed by atoms with Gasteiger partial charge in [-0.3, -0.25) is 9.78 Å². The van der Waals surface area contributed by atoms with Crippen LogP contribution in [0, 0.1) is 0 Å². The molecule has 2 rings (SSSR count). The highest BCUT2D eigenvalue weighted by atomic mass is 16.5. The van der Waals surface area contributed by atoms with Crippen LogP contribution in [-0.4, -0.2) is 54.0 Å². The van der Waals surface area contributed by atoms with Crippen molar-refractivity contribution >= 4 is 12.0 Å². The van der Waals surface area contributed by atoms with Crippen molar-refractivity contribution in [2.75, 3.05) is 27.2 Å². The topological polar surface area (TPSA) is 62.7 Å². The lowest BCUT2D eigenvalue weighted by Gasteiger charge is -2.16. The van der Waals surface area contributed by atoms with E-state index in [1.54, 1.807) is 18.1 Å². The Morgan fingerprint density at radius 2 is 2.33 bits per heavy atom. The number of carbonyl (C=O) groups is 2. The van der Waals surface area contributed by atoms with Crippen LogP contribution in [0.25, 0.3) is 0 Å². The molecule has 0 bridgehead atoms. The van der Waals surface area contributed by atoms with Crippen molar-refractivity contribution in [2.45, 2.75) is 6.04 Å². The molecule has 1 atom stereocenters. The van der Waals surface area contributed by atoms with E-state index in [1.807, 2.05) is 18.2 Å². The van der Waals surface area contributed by atoms with Gasteiger partial charge in [0, 0.05) is 19.8 Å². The zero-order valence-corrected chi connectivity index (χ0v) is 10.4. The van der Waals surface area contributed by atoms with Crippen LogP contribution in [0.5, 0.6) is 0 Å².